The van der Waals surface area contributed by atoms with Gasteiger partial charge in [-0.05, 0) is 49.7 Å². The Kier molecular flexibility index (Phi) is 4.90. The van der Waals surface area contributed by atoms with Crippen molar-refractivity contribution in [2.45, 2.75) is 20.4 Å². The zero-order valence-electron chi connectivity index (χ0n) is 15.9. The predicted molar refractivity (Wildman–Crippen MR) is 112 cm³/mol. The molecule has 0 aliphatic carbocycles. The number of carbonyl (C=O) groups is 1. The molecule has 7 nitrogen and oxygen atoms in total. The van der Waals surface area contributed by atoms with Gasteiger partial charge in [-0.15, -0.1) is 5.10 Å². The maximum atomic E-state index is 13.0. The standard InChI is InChI=1S/C21H18ClN5O2/c1-13-5-3-4-6-17(13)24-19(28)12-26-21(29)27-18(25-26)11-14(2)23-20(27)15-7-9-16(22)10-8-15/h3-11H,12H2,1-2H3,(H,24,28). The summed E-state index contributed by atoms with van der Waals surface area (Å²) >= 11 is 5.97. The van der Waals surface area contributed by atoms with Crippen LogP contribution in [-0.2, 0) is 11.3 Å². The Morgan fingerprint density at radius 3 is 2.55 bits per heavy atom. The Morgan fingerprint density at radius 2 is 1.83 bits per heavy atom. The highest BCUT2D eigenvalue weighted by Crippen LogP contribution is 2.20. The topological polar surface area (TPSA) is 81.3 Å². The van der Waals surface area contributed by atoms with Gasteiger partial charge in [0.05, 0.1) is 0 Å². The molecule has 0 radical (unpaired) electrons. The molecule has 0 fully saturated rings. The second kappa shape index (κ2) is 7.52. The first-order chi connectivity index (χ1) is 13.9. The summed E-state index contributed by atoms with van der Waals surface area (Å²) in [6.07, 6.45) is 0. The molecule has 2 heterocycles. The number of hydrogen-bond acceptors (Lipinski definition) is 4. The lowest BCUT2D eigenvalue weighted by molar-refractivity contribution is -0.117. The van der Waals surface area contributed by atoms with Gasteiger partial charge in [-0.1, -0.05) is 29.8 Å². The molecule has 2 aromatic carbocycles. The summed E-state index contributed by atoms with van der Waals surface area (Å²) in [5.41, 5.74) is 3.08. The zero-order chi connectivity index (χ0) is 20.5. The summed E-state index contributed by atoms with van der Waals surface area (Å²) in [7, 11) is 0. The summed E-state index contributed by atoms with van der Waals surface area (Å²) in [5, 5.41) is 7.73. The number of nitrogens with one attached hydrogen (secondary N) is 1. The van der Waals surface area contributed by atoms with Crippen LogP contribution in [0.1, 0.15) is 11.3 Å². The van der Waals surface area contributed by atoms with Crippen molar-refractivity contribution >= 4 is 28.8 Å². The van der Waals surface area contributed by atoms with Crippen LogP contribution in [0.5, 0.6) is 0 Å². The normalized spacial score (nSPS) is 11.0. The van der Waals surface area contributed by atoms with Gasteiger partial charge in [0, 0.05) is 28.0 Å². The van der Waals surface area contributed by atoms with Crippen molar-refractivity contribution in [3.05, 3.63) is 81.4 Å². The SMILES string of the molecule is Cc1cc2nn(CC(=O)Nc3ccccc3C)c(=O)n2c(-c2ccc(Cl)cc2)n1. The molecule has 0 bridgehead atoms. The molecule has 0 spiro atoms. The highest BCUT2D eigenvalue weighted by Gasteiger charge is 2.16. The summed E-state index contributed by atoms with van der Waals surface area (Å²) in [5.74, 6) is 0.120. The van der Waals surface area contributed by atoms with Crippen molar-refractivity contribution in [3.63, 3.8) is 0 Å². The molecule has 4 rings (SSSR count). The molecular weight excluding hydrogens is 390 g/mol. The molecule has 4 aromatic rings. The van der Waals surface area contributed by atoms with E-state index in [1.54, 1.807) is 30.3 Å². The second-order valence-corrected chi connectivity index (χ2v) is 7.16. The first-order valence-corrected chi connectivity index (χ1v) is 9.39. The van der Waals surface area contributed by atoms with Crippen molar-refractivity contribution in [2.75, 3.05) is 5.32 Å². The molecule has 1 amide bonds. The van der Waals surface area contributed by atoms with E-state index in [1.807, 2.05) is 38.1 Å². The van der Waals surface area contributed by atoms with Crippen LogP contribution in [0.4, 0.5) is 5.69 Å². The zero-order valence-corrected chi connectivity index (χ0v) is 16.6. The van der Waals surface area contributed by atoms with Gasteiger partial charge >= 0.3 is 5.69 Å². The fraction of sp³-hybridized carbons (Fsp3) is 0.143. The first-order valence-electron chi connectivity index (χ1n) is 9.01. The Labute approximate surface area is 171 Å². The summed E-state index contributed by atoms with van der Waals surface area (Å²) in [4.78, 5) is 29.9. The van der Waals surface area contributed by atoms with Crippen LogP contribution in [0.3, 0.4) is 0 Å². The molecule has 0 saturated heterocycles. The molecule has 1 N–H and O–H groups in total. The number of amides is 1. The fourth-order valence-electron chi connectivity index (χ4n) is 3.09. The fourth-order valence-corrected chi connectivity index (χ4v) is 3.21. The lowest BCUT2D eigenvalue weighted by atomic mass is 10.2. The summed E-state index contributed by atoms with van der Waals surface area (Å²) < 4.78 is 2.54. The van der Waals surface area contributed by atoms with E-state index >= 15 is 0 Å². The molecule has 2 aromatic heterocycles. The smallest absolute Gasteiger partial charge is 0.324 e. The lowest BCUT2D eigenvalue weighted by Gasteiger charge is -2.07. The van der Waals surface area contributed by atoms with Gasteiger partial charge in [-0.3, -0.25) is 4.79 Å². The number of benzene rings is 2. The Hall–Kier alpha value is -3.45. The minimum Gasteiger partial charge on any atom is -0.324 e. The van der Waals surface area contributed by atoms with E-state index in [9.17, 15) is 9.59 Å². The van der Waals surface area contributed by atoms with Crippen LogP contribution in [0.25, 0.3) is 17.0 Å². The average Bonchev–Trinajstić information content (AvgIpc) is 2.98. The highest BCUT2D eigenvalue weighted by atomic mass is 35.5. The van der Waals surface area contributed by atoms with E-state index in [0.29, 0.717) is 27.9 Å². The van der Waals surface area contributed by atoms with Crippen molar-refractivity contribution in [3.8, 4) is 11.4 Å². The van der Waals surface area contributed by atoms with E-state index in [1.165, 1.54) is 4.40 Å². The summed E-state index contributed by atoms with van der Waals surface area (Å²) in [6.45, 7) is 3.53. The number of halogens is 1. The molecule has 29 heavy (non-hydrogen) atoms. The number of aryl methyl sites for hydroxylation is 2. The number of nitrogens with zero attached hydrogens (tertiary/aromatic N) is 4. The number of para-hydroxylation sites is 1. The van der Waals surface area contributed by atoms with Crippen LogP contribution in [0, 0.1) is 13.8 Å². The van der Waals surface area contributed by atoms with Gasteiger partial charge in [0.2, 0.25) is 5.91 Å². The molecule has 146 valence electrons. The van der Waals surface area contributed by atoms with Crippen molar-refractivity contribution in [1.29, 1.82) is 0 Å². The summed E-state index contributed by atoms with van der Waals surface area (Å²) in [6, 6.07) is 16.2. The third kappa shape index (κ3) is 3.77. The third-order valence-electron chi connectivity index (χ3n) is 4.51. The van der Waals surface area contributed by atoms with Crippen LogP contribution in [-0.4, -0.2) is 25.1 Å². The minimum atomic E-state index is -0.433. The van der Waals surface area contributed by atoms with Crippen LogP contribution < -0.4 is 11.0 Å². The first kappa shape index (κ1) is 18.9. The molecule has 0 aliphatic rings. The van der Waals surface area contributed by atoms with E-state index in [2.05, 4.69) is 15.4 Å². The Balaban J connectivity index is 1.72. The van der Waals surface area contributed by atoms with E-state index in [-0.39, 0.29) is 12.5 Å². The Bertz CT molecular complexity index is 1270. The maximum absolute atomic E-state index is 13.0. The van der Waals surface area contributed by atoms with Crippen molar-refractivity contribution < 1.29 is 4.79 Å². The molecule has 0 atom stereocenters. The quantitative estimate of drug-likeness (QED) is 0.561. The van der Waals surface area contributed by atoms with Crippen LogP contribution >= 0.6 is 11.6 Å². The van der Waals surface area contributed by atoms with E-state index in [0.717, 1.165) is 15.8 Å². The van der Waals surface area contributed by atoms with Gasteiger partial charge in [0.15, 0.2) is 5.65 Å². The number of rotatable bonds is 4. The largest absolute Gasteiger partial charge is 0.352 e. The average molecular weight is 408 g/mol. The van der Waals surface area contributed by atoms with E-state index < -0.39 is 5.69 Å². The maximum Gasteiger partial charge on any atom is 0.352 e. The number of fused-ring (bicyclic) bond motifs is 1. The van der Waals surface area contributed by atoms with Gasteiger partial charge < -0.3 is 5.32 Å². The number of anilines is 1. The third-order valence-corrected chi connectivity index (χ3v) is 4.76. The van der Waals surface area contributed by atoms with Gasteiger partial charge in [0.25, 0.3) is 0 Å². The monoisotopic (exact) mass is 407 g/mol. The number of aromatic nitrogens is 4. The molecule has 0 unspecified atom stereocenters. The van der Waals surface area contributed by atoms with E-state index in [4.69, 9.17) is 11.6 Å². The number of carbonyl (C=O) groups excluding carboxylic acids is 1. The van der Waals surface area contributed by atoms with Crippen LogP contribution in [0.15, 0.2) is 59.4 Å². The Morgan fingerprint density at radius 1 is 1.10 bits per heavy atom. The molecule has 0 aliphatic heterocycles. The van der Waals surface area contributed by atoms with Gasteiger partial charge in [-0.2, -0.15) is 0 Å². The predicted octanol–water partition coefficient (Wildman–Crippen LogP) is 3.47. The lowest BCUT2D eigenvalue weighted by Crippen LogP contribution is -2.29. The molecule has 8 heteroatoms. The molecule has 0 saturated carbocycles. The van der Waals surface area contributed by atoms with Gasteiger partial charge in [0.1, 0.15) is 12.4 Å². The number of hydrogen-bond donors (Lipinski definition) is 1. The second-order valence-electron chi connectivity index (χ2n) is 6.72. The minimum absolute atomic E-state index is 0.200. The van der Waals surface area contributed by atoms with Gasteiger partial charge in [-0.25, -0.2) is 18.9 Å². The highest BCUT2D eigenvalue weighted by molar-refractivity contribution is 6.30. The van der Waals surface area contributed by atoms with Crippen molar-refractivity contribution in [1.82, 2.24) is 19.2 Å². The molecular formula is C21H18ClN5O2. The van der Waals surface area contributed by atoms with Crippen molar-refractivity contribution in [2.24, 2.45) is 0 Å². The van der Waals surface area contributed by atoms with Crippen LogP contribution in [0.2, 0.25) is 5.02 Å².